The Balaban J connectivity index is 1.76. The number of rotatable bonds is 5. The second-order valence-corrected chi connectivity index (χ2v) is 5.92. The minimum Gasteiger partial charge on any atom is -0.373 e. The lowest BCUT2D eigenvalue weighted by Crippen LogP contribution is -2.35. The summed E-state index contributed by atoms with van der Waals surface area (Å²) in [6.45, 7) is 5.85. The Hall–Kier alpha value is -2.07. The van der Waals surface area contributed by atoms with E-state index in [9.17, 15) is 0 Å². The van der Waals surface area contributed by atoms with E-state index in [1.807, 2.05) is 12.1 Å². The van der Waals surface area contributed by atoms with Crippen LogP contribution in [0.25, 0.3) is 0 Å². The zero-order valence-electron chi connectivity index (χ0n) is 13.4. The van der Waals surface area contributed by atoms with Gasteiger partial charge in [-0.15, -0.1) is 0 Å². The summed E-state index contributed by atoms with van der Waals surface area (Å²) in [6.07, 6.45) is 0. The molecule has 2 N–H and O–H groups in total. The molecule has 0 bridgehead atoms. The summed E-state index contributed by atoms with van der Waals surface area (Å²) in [5.41, 5.74) is 4.72. The van der Waals surface area contributed by atoms with E-state index in [4.69, 9.17) is 12.2 Å². The molecule has 0 spiro atoms. The number of benzene rings is 2. The third kappa shape index (κ3) is 5.04. The fraction of sp³-hybridized carbons (Fsp3) is 0.278. The number of hydrogen-bond donors (Lipinski definition) is 2. The highest BCUT2D eigenvalue weighted by molar-refractivity contribution is 7.80. The normalized spacial score (nSPS) is 10.1. The molecule has 0 aliphatic rings. The summed E-state index contributed by atoms with van der Waals surface area (Å²) in [5, 5.41) is 7.10. The van der Waals surface area contributed by atoms with Crippen LogP contribution in [0.15, 0.2) is 48.5 Å². The second-order valence-electron chi connectivity index (χ2n) is 5.51. The van der Waals surface area contributed by atoms with E-state index in [0.29, 0.717) is 5.11 Å². The van der Waals surface area contributed by atoms with E-state index in [-0.39, 0.29) is 0 Å². The first kappa shape index (κ1) is 16.3. The third-order valence-electron chi connectivity index (χ3n) is 3.48. The van der Waals surface area contributed by atoms with Gasteiger partial charge in [-0.3, -0.25) is 0 Å². The maximum atomic E-state index is 5.32. The van der Waals surface area contributed by atoms with Crippen molar-refractivity contribution < 1.29 is 0 Å². The number of hydrogen-bond acceptors (Lipinski definition) is 2. The zero-order valence-corrected chi connectivity index (χ0v) is 14.2. The van der Waals surface area contributed by atoms with Gasteiger partial charge in [0.05, 0.1) is 0 Å². The molecule has 2 aromatic carbocycles. The van der Waals surface area contributed by atoms with Crippen LogP contribution in [-0.2, 0) is 0 Å². The highest BCUT2D eigenvalue weighted by Gasteiger charge is 2.01. The Morgan fingerprint density at radius 2 is 1.77 bits per heavy atom. The zero-order chi connectivity index (χ0) is 15.9. The van der Waals surface area contributed by atoms with Crippen molar-refractivity contribution in [2.75, 3.05) is 30.4 Å². The summed E-state index contributed by atoms with van der Waals surface area (Å²) in [7, 11) is 2.09. The van der Waals surface area contributed by atoms with Crippen molar-refractivity contribution in [3.63, 3.8) is 0 Å². The smallest absolute Gasteiger partial charge is 0.170 e. The number of thiocarbonyl (C=S) groups is 1. The molecule has 2 aromatic rings. The predicted octanol–water partition coefficient (Wildman–Crippen LogP) is 3.73. The topological polar surface area (TPSA) is 27.3 Å². The first-order chi connectivity index (χ1) is 10.5. The molecule has 0 radical (unpaired) electrons. The standard InChI is InChI=1S/C18H23N3S/c1-14-7-9-17(10-8-14)21(3)12-11-19-18(22)20-16-6-4-5-15(2)13-16/h4-10,13H,11-12H2,1-3H3,(H2,19,20,22). The molecule has 0 atom stereocenters. The van der Waals surface area contributed by atoms with Gasteiger partial charge in [0.15, 0.2) is 5.11 Å². The Labute approximate surface area is 138 Å². The maximum Gasteiger partial charge on any atom is 0.170 e. The minimum atomic E-state index is 0.655. The average molecular weight is 313 g/mol. The maximum absolute atomic E-state index is 5.32. The van der Waals surface area contributed by atoms with Crippen molar-refractivity contribution >= 4 is 28.7 Å². The predicted molar refractivity (Wildman–Crippen MR) is 99.9 cm³/mol. The molecule has 0 amide bonds. The molecule has 0 fully saturated rings. The van der Waals surface area contributed by atoms with Gasteiger partial charge >= 0.3 is 0 Å². The molecule has 0 aliphatic carbocycles. The summed E-state index contributed by atoms with van der Waals surface area (Å²) < 4.78 is 0. The van der Waals surface area contributed by atoms with Crippen LogP contribution < -0.4 is 15.5 Å². The highest BCUT2D eigenvalue weighted by Crippen LogP contribution is 2.12. The van der Waals surface area contributed by atoms with Crippen molar-refractivity contribution in [1.82, 2.24) is 5.32 Å². The summed E-state index contributed by atoms with van der Waals surface area (Å²) in [6, 6.07) is 16.7. The Bertz CT molecular complexity index is 622. The summed E-state index contributed by atoms with van der Waals surface area (Å²) >= 11 is 5.32. The van der Waals surface area contributed by atoms with Crippen molar-refractivity contribution in [2.45, 2.75) is 13.8 Å². The average Bonchev–Trinajstić information content (AvgIpc) is 2.47. The molecule has 116 valence electrons. The Morgan fingerprint density at radius 3 is 2.45 bits per heavy atom. The Kier molecular flexibility index (Phi) is 5.78. The van der Waals surface area contributed by atoms with Gasteiger partial charge in [0.2, 0.25) is 0 Å². The molecule has 0 heterocycles. The molecular weight excluding hydrogens is 290 g/mol. The van der Waals surface area contributed by atoms with Crippen LogP contribution in [-0.4, -0.2) is 25.2 Å². The lowest BCUT2D eigenvalue weighted by molar-refractivity contribution is 0.827. The van der Waals surface area contributed by atoms with Crippen molar-refractivity contribution in [3.8, 4) is 0 Å². The Morgan fingerprint density at radius 1 is 1.05 bits per heavy atom. The number of nitrogens with one attached hydrogen (secondary N) is 2. The number of anilines is 2. The lowest BCUT2D eigenvalue weighted by Gasteiger charge is -2.20. The van der Waals surface area contributed by atoms with Crippen LogP contribution in [0.2, 0.25) is 0 Å². The van der Waals surface area contributed by atoms with E-state index in [2.05, 4.69) is 72.8 Å². The molecule has 0 aromatic heterocycles. The molecule has 3 nitrogen and oxygen atoms in total. The molecule has 0 aliphatic heterocycles. The summed E-state index contributed by atoms with van der Waals surface area (Å²) in [5.74, 6) is 0. The van der Waals surface area contributed by atoms with Gasteiger partial charge in [-0.25, -0.2) is 0 Å². The van der Waals surface area contributed by atoms with Crippen LogP contribution >= 0.6 is 12.2 Å². The first-order valence-electron chi connectivity index (χ1n) is 7.44. The summed E-state index contributed by atoms with van der Waals surface area (Å²) in [4.78, 5) is 2.21. The monoisotopic (exact) mass is 313 g/mol. The fourth-order valence-electron chi connectivity index (χ4n) is 2.16. The van der Waals surface area contributed by atoms with E-state index < -0.39 is 0 Å². The first-order valence-corrected chi connectivity index (χ1v) is 7.85. The van der Waals surface area contributed by atoms with Gasteiger partial charge in [0.25, 0.3) is 0 Å². The SMILES string of the molecule is Cc1ccc(N(C)CCNC(=S)Nc2cccc(C)c2)cc1. The van der Waals surface area contributed by atoms with Crippen molar-refractivity contribution in [3.05, 3.63) is 59.7 Å². The van der Waals surface area contributed by atoms with Gasteiger partial charge < -0.3 is 15.5 Å². The van der Waals surface area contributed by atoms with E-state index in [1.54, 1.807) is 0 Å². The number of nitrogens with zero attached hydrogens (tertiary/aromatic N) is 1. The van der Waals surface area contributed by atoms with E-state index >= 15 is 0 Å². The quantitative estimate of drug-likeness (QED) is 0.823. The largest absolute Gasteiger partial charge is 0.373 e. The minimum absolute atomic E-state index is 0.655. The van der Waals surface area contributed by atoms with Crippen molar-refractivity contribution in [1.29, 1.82) is 0 Å². The van der Waals surface area contributed by atoms with E-state index in [0.717, 1.165) is 18.8 Å². The fourth-order valence-corrected chi connectivity index (χ4v) is 2.38. The molecule has 0 saturated heterocycles. The molecule has 22 heavy (non-hydrogen) atoms. The molecule has 2 rings (SSSR count). The molecule has 4 heteroatoms. The van der Waals surface area contributed by atoms with Crippen LogP contribution in [0.1, 0.15) is 11.1 Å². The van der Waals surface area contributed by atoms with E-state index in [1.165, 1.54) is 16.8 Å². The molecule has 0 unspecified atom stereocenters. The van der Waals surface area contributed by atoms with Gasteiger partial charge in [-0.2, -0.15) is 0 Å². The second kappa shape index (κ2) is 7.80. The third-order valence-corrected chi connectivity index (χ3v) is 3.73. The van der Waals surface area contributed by atoms with Crippen LogP contribution in [0.4, 0.5) is 11.4 Å². The van der Waals surface area contributed by atoms with Crippen LogP contribution in [0.5, 0.6) is 0 Å². The molecule has 0 saturated carbocycles. The van der Waals surface area contributed by atoms with Crippen LogP contribution in [0.3, 0.4) is 0 Å². The number of aryl methyl sites for hydroxylation is 2. The van der Waals surface area contributed by atoms with Gasteiger partial charge in [0, 0.05) is 31.5 Å². The van der Waals surface area contributed by atoms with Gasteiger partial charge in [0.1, 0.15) is 0 Å². The van der Waals surface area contributed by atoms with Gasteiger partial charge in [-0.05, 0) is 55.9 Å². The van der Waals surface area contributed by atoms with Gasteiger partial charge in [-0.1, -0.05) is 29.8 Å². The molecular formula is C18H23N3S. The lowest BCUT2D eigenvalue weighted by atomic mass is 10.2. The highest BCUT2D eigenvalue weighted by atomic mass is 32.1. The van der Waals surface area contributed by atoms with Crippen LogP contribution in [0, 0.1) is 13.8 Å². The van der Waals surface area contributed by atoms with Crippen molar-refractivity contribution in [2.24, 2.45) is 0 Å². The number of likely N-dealkylation sites (N-methyl/N-ethyl adjacent to an activating group) is 1.